The smallest absolute Gasteiger partial charge is 0.273 e. The summed E-state index contributed by atoms with van der Waals surface area (Å²) >= 11 is 5.94. The van der Waals surface area contributed by atoms with Crippen molar-refractivity contribution in [3.63, 3.8) is 0 Å². The molecular formula is C36H38ClN17O4. The highest BCUT2D eigenvalue weighted by Crippen LogP contribution is 2.39. The monoisotopic (exact) mass is 807 g/mol. The van der Waals surface area contributed by atoms with Crippen molar-refractivity contribution < 1.29 is 19.1 Å². The Kier molecular flexibility index (Phi) is 12.3. The van der Waals surface area contributed by atoms with Crippen molar-refractivity contribution in [2.45, 2.75) is 0 Å². The Bertz CT molecular complexity index is 2570. The van der Waals surface area contributed by atoms with Gasteiger partial charge >= 0.3 is 0 Å². The van der Waals surface area contributed by atoms with Crippen LogP contribution in [0.15, 0.2) is 73.2 Å². The van der Waals surface area contributed by atoms with Crippen LogP contribution in [0.2, 0.25) is 5.15 Å². The predicted molar refractivity (Wildman–Crippen MR) is 215 cm³/mol. The van der Waals surface area contributed by atoms with Gasteiger partial charge in [0.05, 0.1) is 49.4 Å². The molecule has 58 heavy (non-hydrogen) atoms. The van der Waals surface area contributed by atoms with Crippen LogP contribution in [0.4, 0.5) is 34.4 Å². The lowest BCUT2D eigenvalue weighted by molar-refractivity contribution is 0.0950. The topological polar surface area (TPSA) is 244 Å². The molecule has 0 aliphatic carbocycles. The number of amides is 2. The van der Waals surface area contributed by atoms with Crippen molar-refractivity contribution in [1.29, 1.82) is 0 Å². The minimum atomic E-state index is -0.388. The van der Waals surface area contributed by atoms with Crippen molar-refractivity contribution >= 4 is 57.8 Å². The third kappa shape index (κ3) is 9.05. The zero-order valence-electron chi connectivity index (χ0n) is 32.3. The molecule has 0 fully saturated rings. The van der Waals surface area contributed by atoms with E-state index in [1.54, 1.807) is 69.8 Å². The minimum Gasteiger partial charge on any atom is -0.494 e. The van der Waals surface area contributed by atoms with E-state index in [4.69, 9.17) is 21.1 Å². The highest BCUT2D eigenvalue weighted by molar-refractivity contribution is 6.29. The van der Waals surface area contributed by atoms with Crippen LogP contribution in [0.25, 0.3) is 22.5 Å². The highest BCUT2D eigenvalue weighted by atomic mass is 35.5. The van der Waals surface area contributed by atoms with Crippen molar-refractivity contribution in [2.75, 3.05) is 44.3 Å². The number of ether oxygens (including phenoxy) is 2. The number of halogens is 1. The molecule has 7 aromatic rings. The molecule has 0 unspecified atom stereocenters. The number of rotatable bonds is 12. The van der Waals surface area contributed by atoms with Crippen LogP contribution in [0.3, 0.4) is 0 Å². The van der Waals surface area contributed by atoms with Gasteiger partial charge in [0.25, 0.3) is 11.8 Å². The number of anilines is 6. The van der Waals surface area contributed by atoms with E-state index in [1.807, 2.05) is 37.4 Å². The van der Waals surface area contributed by atoms with Crippen LogP contribution in [0, 0.1) is 0 Å². The number of para-hydroxylation sites is 2. The van der Waals surface area contributed by atoms with Gasteiger partial charge in [-0.3, -0.25) is 14.3 Å². The Morgan fingerprint density at radius 3 is 1.59 bits per heavy atom. The van der Waals surface area contributed by atoms with Gasteiger partial charge in [0.1, 0.15) is 11.4 Å². The van der Waals surface area contributed by atoms with E-state index >= 15 is 0 Å². The number of carbonyl (C=O) groups is 2. The fourth-order valence-electron chi connectivity index (χ4n) is 5.54. The first-order valence-corrected chi connectivity index (χ1v) is 17.6. The fourth-order valence-corrected chi connectivity index (χ4v) is 5.69. The summed E-state index contributed by atoms with van der Waals surface area (Å²) < 4.78 is 12.9. The largest absolute Gasteiger partial charge is 0.494 e. The maximum absolute atomic E-state index is 12.4. The molecular weight excluding hydrogens is 770 g/mol. The number of carbonyl (C=O) groups excluding carboxylic acids is 2. The average molecular weight is 808 g/mol. The molecule has 0 saturated carbocycles. The summed E-state index contributed by atoms with van der Waals surface area (Å²) in [6.45, 7) is 0. The fraction of sp³-hybridized carbons (Fsp3) is 0.194. The Hall–Kier alpha value is -7.68. The van der Waals surface area contributed by atoms with Crippen LogP contribution >= 0.6 is 11.6 Å². The first-order chi connectivity index (χ1) is 28.0. The minimum absolute atomic E-state index is 0.115. The van der Waals surface area contributed by atoms with Crippen molar-refractivity contribution in [1.82, 2.24) is 70.8 Å². The zero-order valence-corrected chi connectivity index (χ0v) is 33.1. The van der Waals surface area contributed by atoms with Gasteiger partial charge in [0.2, 0.25) is 0 Å². The number of nitrogens with one attached hydrogen (secondary N) is 5. The molecule has 0 atom stereocenters. The number of hydrogen-bond acceptors (Lipinski definition) is 16. The summed E-state index contributed by atoms with van der Waals surface area (Å²) in [4.78, 5) is 27.4. The van der Waals surface area contributed by atoms with Crippen molar-refractivity contribution in [2.24, 2.45) is 21.1 Å². The Morgan fingerprint density at radius 2 is 1.14 bits per heavy atom. The lowest BCUT2D eigenvalue weighted by atomic mass is 10.1. The molecule has 2 aromatic carbocycles. The Labute approximate surface area is 336 Å². The summed E-state index contributed by atoms with van der Waals surface area (Å²) in [7, 11) is 11.5. The van der Waals surface area contributed by atoms with Crippen LogP contribution in [-0.4, -0.2) is 100 Å². The number of methoxy groups -OCH3 is 2. The predicted octanol–water partition coefficient (Wildman–Crippen LogP) is 3.90. The summed E-state index contributed by atoms with van der Waals surface area (Å²) in [5.74, 6) is 1.34. The number of benzene rings is 2. The van der Waals surface area contributed by atoms with Crippen molar-refractivity contribution in [3.05, 3.63) is 89.7 Å². The summed E-state index contributed by atoms with van der Waals surface area (Å²) in [5, 5.41) is 51.6. The van der Waals surface area contributed by atoms with Gasteiger partial charge in [-0.2, -0.15) is 35.1 Å². The molecule has 298 valence electrons. The molecule has 7 rings (SSSR count). The van der Waals surface area contributed by atoms with E-state index in [-0.39, 0.29) is 28.4 Å². The zero-order chi connectivity index (χ0) is 41.3. The number of nitrogens with zero attached hydrogens (tertiary/aromatic N) is 12. The molecule has 2 amide bonds. The Balaban J connectivity index is 0.000000200. The van der Waals surface area contributed by atoms with Gasteiger partial charge in [-0.25, -0.2) is 0 Å². The van der Waals surface area contributed by atoms with E-state index in [0.29, 0.717) is 57.3 Å². The third-order valence-electron chi connectivity index (χ3n) is 8.14. The normalized spacial score (nSPS) is 10.6. The highest BCUT2D eigenvalue weighted by Gasteiger charge is 2.20. The van der Waals surface area contributed by atoms with E-state index in [0.717, 1.165) is 11.1 Å². The van der Waals surface area contributed by atoms with E-state index in [9.17, 15) is 9.59 Å². The van der Waals surface area contributed by atoms with Gasteiger partial charge < -0.3 is 36.1 Å². The van der Waals surface area contributed by atoms with Gasteiger partial charge in [0.15, 0.2) is 39.7 Å². The second kappa shape index (κ2) is 17.8. The molecule has 0 aliphatic heterocycles. The summed E-state index contributed by atoms with van der Waals surface area (Å²) in [6, 6.07) is 16.1. The van der Waals surface area contributed by atoms with Gasteiger partial charge in [-0.05, 0) is 24.3 Å². The molecule has 0 bridgehead atoms. The van der Waals surface area contributed by atoms with Crippen molar-refractivity contribution in [3.8, 4) is 34.0 Å². The SMILES string of the molecule is CNC(=O)c1nnc(Cl)cc1Nc1cccc(-c2cnn(C)n2)c1OC.CNC(=O)c1nnc(Nc2ccn(C)n2)cc1Nc1cccc(-c2cnn(C)n2)c1OC. The number of hydrogen-bond donors (Lipinski definition) is 5. The molecule has 0 spiro atoms. The Morgan fingerprint density at radius 1 is 0.621 bits per heavy atom. The molecule has 5 N–H and O–H groups in total. The van der Waals surface area contributed by atoms with Crippen LogP contribution in [0.5, 0.6) is 11.5 Å². The van der Waals surface area contributed by atoms with E-state index in [1.165, 1.54) is 29.8 Å². The van der Waals surface area contributed by atoms with Crippen LogP contribution < -0.4 is 36.1 Å². The molecule has 0 saturated heterocycles. The number of aryl methyl sites for hydroxylation is 3. The van der Waals surface area contributed by atoms with Crippen LogP contribution in [-0.2, 0) is 21.1 Å². The second-order valence-corrected chi connectivity index (χ2v) is 12.4. The first kappa shape index (κ1) is 40.0. The van der Waals surface area contributed by atoms with Gasteiger partial charge in [-0.1, -0.05) is 23.7 Å². The van der Waals surface area contributed by atoms with E-state index < -0.39 is 0 Å². The molecule has 21 nitrogen and oxygen atoms in total. The summed E-state index contributed by atoms with van der Waals surface area (Å²) in [6.07, 6.45) is 5.10. The molecule has 22 heteroatoms. The second-order valence-electron chi connectivity index (χ2n) is 12.0. The van der Waals surface area contributed by atoms with E-state index in [2.05, 4.69) is 72.5 Å². The lowest BCUT2D eigenvalue weighted by Gasteiger charge is -2.16. The molecule has 0 radical (unpaired) electrons. The van der Waals surface area contributed by atoms with Gasteiger partial charge in [-0.15, -0.1) is 20.4 Å². The quantitative estimate of drug-likeness (QED) is 0.118. The number of aromatic nitrogens is 12. The third-order valence-corrected chi connectivity index (χ3v) is 8.32. The maximum Gasteiger partial charge on any atom is 0.273 e. The average Bonchev–Trinajstić information content (AvgIpc) is 3.98. The summed E-state index contributed by atoms with van der Waals surface area (Å²) in [5.41, 5.74) is 5.14. The first-order valence-electron chi connectivity index (χ1n) is 17.2. The van der Waals surface area contributed by atoms with Crippen LogP contribution in [0.1, 0.15) is 21.0 Å². The lowest BCUT2D eigenvalue weighted by Crippen LogP contribution is -2.21. The molecule has 5 heterocycles. The standard InChI is InChI=1S/C20H22N10O2.C16H16ClN7O2/c1-21-20(31)18-14(10-17(25-26-18)24-16-8-9-29(2)28-16)23-13-7-5-6-12(19(13)32-4)15-11-22-30(3)27-15;1-18-16(25)14-11(7-13(17)21-22-14)20-10-6-4-5-9(15(10)26-3)12-8-19-24(2)23-12/h5-11H,1-4H3,(H,21,31)(H2,23,24,25,28);4-8H,1-3H3,(H,18,25)(H,20,21). The maximum atomic E-state index is 12.4. The van der Waals surface area contributed by atoms with Gasteiger partial charge in [0, 0.05) is 70.8 Å². The molecule has 5 aromatic heterocycles. The molecule has 0 aliphatic rings.